The molecule has 0 unspecified atom stereocenters. The predicted octanol–water partition coefficient (Wildman–Crippen LogP) is 4.67. The summed E-state index contributed by atoms with van der Waals surface area (Å²) in [6, 6.07) is 14.6. The average molecular weight is 455 g/mol. The van der Waals surface area contributed by atoms with E-state index in [-0.39, 0.29) is 0 Å². The van der Waals surface area contributed by atoms with E-state index in [2.05, 4.69) is 15.3 Å². The number of carbonyl (C=O) groups is 1. The third-order valence-corrected chi connectivity index (χ3v) is 5.85. The summed E-state index contributed by atoms with van der Waals surface area (Å²) in [5.74, 6) is 1.01. The van der Waals surface area contributed by atoms with E-state index >= 15 is 0 Å². The van der Waals surface area contributed by atoms with Crippen LogP contribution < -0.4 is 15.8 Å². The molecule has 0 saturated heterocycles. The predicted molar refractivity (Wildman–Crippen MR) is 129 cm³/mol. The number of nitrogens with one attached hydrogen (secondary N) is 1. The number of nitrogens with zero attached hydrogens (tertiary/aromatic N) is 4. The maximum atomic E-state index is 12.0. The van der Waals surface area contributed by atoms with Crippen LogP contribution in [-0.4, -0.2) is 33.0 Å². The van der Waals surface area contributed by atoms with Gasteiger partial charge < -0.3 is 15.8 Å². The molecule has 0 aliphatic heterocycles. The monoisotopic (exact) mass is 454 g/mol. The fourth-order valence-corrected chi connectivity index (χ4v) is 4.13. The summed E-state index contributed by atoms with van der Waals surface area (Å²) in [4.78, 5) is 30.1. The van der Waals surface area contributed by atoms with Crippen LogP contribution in [0.4, 0.5) is 11.5 Å². The van der Waals surface area contributed by atoms with Gasteiger partial charge in [0.25, 0.3) is 5.91 Å². The zero-order valence-electron chi connectivity index (χ0n) is 17.5. The van der Waals surface area contributed by atoms with Gasteiger partial charge in [0.2, 0.25) is 0 Å². The van der Waals surface area contributed by atoms with Gasteiger partial charge in [-0.05, 0) is 36.4 Å². The van der Waals surface area contributed by atoms with Crippen molar-refractivity contribution in [2.24, 2.45) is 5.73 Å². The van der Waals surface area contributed by atoms with Gasteiger partial charge in [0.1, 0.15) is 22.1 Å². The Bertz CT molecular complexity index is 1460. The molecular weight excluding hydrogens is 436 g/mol. The smallest absolute Gasteiger partial charge is 0.250 e. The van der Waals surface area contributed by atoms with E-state index in [9.17, 15) is 4.79 Å². The van der Waals surface area contributed by atoms with Gasteiger partial charge in [0.15, 0.2) is 5.82 Å². The highest BCUT2D eigenvalue weighted by atomic mass is 32.1. The number of aromatic nitrogens is 4. The van der Waals surface area contributed by atoms with E-state index in [0.717, 1.165) is 16.1 Å². The fraction of sp³-hybridized carbons (Fsp3) is 0.0417. The van der Waals surface area contributed by atoms with Crippen molar-refractivity contribution >= 4 is 39.7 Å². The highest BCUT2D eigenvalue weighted by molar-refractivity contribution is 7.13. The number of rotatable bonds is 6. The van der Waals surface area contributed by atoms with Crippen LogP contribution in [0.2, 0.25) is 0 Å². The van der Waals surface area contributed by atoms with Crippen LogP contribution in [-0.2, 0) is 0 Å². The lowest BCUT2D eigenvalue weighted by Crippen LogP contribution is -2.13. The van der Waals surface area contributed by atoms with E-state index in [1.165, 1.54) is 11.3 Å². The van der Waals surface area contributed by atoms with Crippen LogP contribution >= 0.6 is 11.3 Å². The number of para-hydroxylation sites is 1. The highest BCUT2D eigenvalue weighted by Crippen LogP contribution is 2.37. The molecule has 5 rings (SSSR count). The molecule has 0 aliphatic rings. The summed E-state index contributed by atoms with van der Waals surface area (Å²) in [7, 11) is 1.60. The molecular formula is C24H18N6O2S. The lowest BCUT2D eigenvalue weighted by atomic mass is 10.1. The third kappa shape index (κ3) is 3.97. The molecule has 2 aromatic carbocycles. The summed E-state index contributed by atoms with van der Waals surface area (Å²) < 4.78 is 5.69. The molecule has 33 heavy (non-hydrogen) atoms. The second-order valence-corrected chi connectivity index (χ2v) is 7.98. The van der Waals surface area contributed by atoms with Crippen LogP contribution in [0.25, 0.3) is 32.9 Å². The Morgan fingerprint density at radius 1 is 1.06 bits per heavy atom. The first-order valence-corrected chi connectivity index (χ1v) is 10.9. The van der Waals surface area contributed by atoms with Crippen LogP contribution in [0.5, 0.6) is 5.75 Å². The van der Waals surface area contributed by atoms with E-state index in [1.54, 1.807) is 43.9 Å². The Hall–Kier alpha value is -4.37. The molecule has 0 saturated carbocycles. The van der Waals surface area contributed by atoms with E-state index < -0.39 is 5.91 Å². The Kier molecular flexibility index (Phi) is 5.37. The number of hydrogen-bond acceptors (Lipinski definition) is 8. The summed E-state index contributed by atoms with van der Waals surface area (Å²) in [6.07, 6.45) is 5.13. The molecule has 5 aromatic rings. The minimum atomic E-state index is -0.537. The Morgan fingerprint density at radius 2 is 1.94 bits per heavy atom. The molecule has 0 fully saturated rings. The number of fused-ring (bicyclic) bond motifs is 1. The van der Waals surface area contributed by atoms with Crippen molar-refractivity contribution in [1.29, 1.82) is 0 Å². The first-order valence-electron chi connectivity index (χ1n) is 10.00. The lowest BCUT2D eigenvalue weighted by molar-refractivity contribution is 0.100. The minimum absolute atomic E-state index is 0.357. The third-order valence-electron chi connectivity index (χ3n) is 5.03. The number of pyridine rings is 1. The molecule has 3 aromatic heterocycles. The number of methoxy groups -OCH3 is 1. The zero-order valence-corrected chi connectivity index (χ0v) is 18.3. The molecule has 0 spiro atoms. The molecule has 0 bridgehead atoms. The number of carbonyl (C=O) groups excluding carboxylic acids is 1. The number of thiazole rings is 1. The second-order valence-electron chi connectivity index (χ2n) is 7.08. The maximum absolute atomic E-state index is 12.0. The van der Waals surface area contributed by atoms with Crippen molar-refractivity contribution in [3.05, 3.63) is 78.1 Å². The number of nitrogens with two attached hydrogens (primary N) is 1. The zero-order chi connectivity index (χ0) is 22.8. The second kappa shape index (κ2) is 8.64. The maximum Gasteiger partial charge on any atom is 0.250 e. The van der Waals surface area contributed by atoms with Crippen molar-refractivity contribution in [3.8, 4) is 27.7 Å². The van der Waals surface area contributed by atoms with Crippen molar-refractivity contribution in [2.45, 2.75) is 0 Å². The van der Waals surface area contributed by atoms with E-state index in [1.807, 2.05) is 35.7 Å². The molecule has 3 N–H and O–H groups in total. The Labute approximate surface area is 193 Å². The molecule has 1 amide bonds. The first kappa shape index (κ1) is 20.5. The van der Waals surface area contributed by atoms with Gasteiger partial charge in [-0.15, -0.1) is 11.3 Å². The number of primary amides is 1. The van der Waals surface area contributed by atoms with Gasteiger partial charge in [0, 0.05) is 40.5 Å². The summed E-state index contributed by atoms with van der Waals surface area (Å²) in [6.45, 7) is 0. The van der Waals surface area contributed by atoms with Crippen LogP contribution in [0.3, 0.4) is 0 Å². The van der Waals surface area contributed by atoms with Crippen LogP contribution in [0, 0.1) is 0 Å². The van der Waals surface area contributed by atoms with Crippen molar-refractivity contribution in [1.82, 2.24) is 19.9 Å². The number of ether oxygens (including phenoxy) is 1. The Morgan fingerprint density at radius 3 is 2.67 bits per heavy atom. The van der Waals surface area contributed by atoms with Crippen LogP contribution in [0.1, 0.15) is 10.4 Å². The molecule has 0 aliphatic carbocycles. The number of benzene rings is 2. The number of amides is 1. The SMILES string of the molecule is COc1cc(-c2nccs2)cc2c(Nc3ccccc3C(N)=O)nc(-c3cccnc3)nc12. The molecule has 0 radical (unpaired) electrons. The highest BCUT2D eigenvalue weighted by Gasteiger charge is 2.18. The molecule has 3 heterocycles. The van der Waals surface area contributed by atoms with Gasteiger partial charge in [-0.1, -0.05) is 12.1 Å². The molecule has 162 valence electrons. The van der Waals surface area contributed by atoms with E-state index in [4.69, 9.17) is 20.4 Å². The number of hydrogen-bond donors (Lipinski definition) is 2. The van der Waals surface area contributed by atoms with Gasteiger partial charge in [-0.2, -0.15) is 0 Å². The molecule has 0 atom stereocenters. The summed E-state index contributed by atoms with van der Waals surface area (Å²) >= 11 is 1.52. The van der Waals surface area contributed by atoms with Crippen molar-refractivity contribution in [2.75, 3.05) is 12.4 Å². The van der Waals surface area contributed by atoms with Gasteiger partial charge in [0.05, 0.1) is 18.4 Å². The minimum Gasteiger partial charge on any atom is -0.494 e. The van der Waals surface area contributed by atoms with Gasteiger partial charge in [-0.3, -0.25) is 9.78 Å². The molecule has 8 nitrogen and oxygen atoms in total. The Balaban J connectivity index is 1.77. The molecule has 9 heteroatoms. The average Bonchev–Trinajstić information content (AvgIpc) is 3.39. The topological polar surface area (TPSA) is 116 Å². The quantitative estimate of drug-likeness (QED) is 0.383. The summed E-state index contributed by atoms with van der Waals surface area (Å²) in [5.41, 5.74) is 8.72. The lowest BCUT2D eigenvalue weighted by Gasteiger charge is -2.15. The first-order chi connectivity index (χ1) is 16.1. The van der Waals surface area contributed by atoms with E-state index in [0.29, 0.717) is 39.5 Å². The van der Waals surface area contributed by atoms with Crippen molar-refractivity contribution in [3.63, 3.8) is 0 Å². The largest absolute Gasteiger partial charge is 0.494 e. The van der Waals surface area contributed by atoms with Crippen LogP contribution in [0.15, 0.2) is 72.5 Å². The normalized spacial score (nSPS) is 10.8. The standard InChI is InChI=1S/C24H18N6O2S/c1-32-19-12-15(24-27-9-10-33-24)11-17-20(19)29-22(14-5-4-8-26-13-14)30-23(17)28-18-7-3-2-6-16(18)21(25)31/h2-13H,1H3,(H2,25,31)(H,28,29,30). The summed E-state index contributed by atoms with van der Waals surface area (Å²) in [5, 5.41) is 6.76. The van der Waals surface area contributed by atoms with Crippen molar-refractivity contribution < 1.29 is 9.53 Å². The van der Waals surface area contributed by atoms with Gasteiger partial charge in [-0.25, -0.2) is 15.0 Å². The fourth-order valence-electron chi connectivity index (χ4n) is 3.50. The number of anilines is 2. The van der Waals surface area contributed by atoms with Gasteiger partial charge >= 0.3 is 0 Å².